The minimum atomic E-state index is -0.887. The van der Waals surface area contributed by atoms with Crippen molar-refractivity contribution in [1.82, 2.24) is 10.7 Å². The molecular formula is C24H19Cl2N3O5. The number of amides is 2. The summed E-state index contributed by atoms with van der Waals surface area (Å²) in [6.45, 7) is 0.581. The molecule has 0 fully saturated rings. The maximum Gasteiger partial charge on any atom is 0.329 e. The van der Waals surface area contributed by atoms with Crippen LogP contribution >= 0.6 is 23.2 Å². The molecule has 3 aromatic rings. The molecule has 1 heterocycles. The molecule has 2 amide bonds. The van der Waals surface area contributed by atoms with Gasteiger partial charge < -0.3 is 19.5 Å². The van der Waals surface area contributed by atoms with Gasteiger partial charge in [-0.25, -0.2) is 5.43 Å². The van der Waals surface area contributed by atoms with E-state index in [0.717, 1.165) is 11.1 Å². The molecule has 10 heteroatoms. The van der Waals surface area contributed by atoms with Crippen LogP contribution in [0.5, 0.6) is 17.2 Å². The van der Waals surface area contributed by atoms with Gasteiger partial charge in [-0.2, -0.15) is 5.10 Å². The van der Waals surface area contributed by atoms with E-state index in [1.165, 1.54) is 6.21 Å². The number of fused-ring (bicyclic) bond motifs is 1. The Hall–Kier alpha value is -3.75. The van der Waals surface area contributed by atoms with E-state index in [4.69, 9.17) is 37.4 Å². The highest BCUT2D eigenvalue weighted by Crippen LogP contribution is 2.32. The second-order valence-corrected chi connectivity index (χ2v) is 8.01. The van der Waals surface area contributed by atoms with E-state index in [1.807, 2.05) is 0 Å². The maximum absolute atomic E-state index is 12.0. The fraction of sp³-hybridized carbons (Fsp3) is 0.125. The van der Waals surface area contributed by atoms with Gasteiger partial charge in [0.05, 0.1) is 6.21 Å². The number of carbonyl (C=O) groups is 2. The lowest BCUT2D eigenvalue weighted by Crippen LogP contribution is -2.37. The molecule has 0 radical (unpaired) electrons. The van der Waals surface area contributed by atoms with Crippen molar-refractivity contribution in [2.24, 2.45) is 5.10 Å². The molecule has 0 spiro atoms. The zero-order valence-electron chi connectivity index (χ0n) is 17.7. The van der Waals surface area contributed by atoms with Crippen molar-refractivity contribution < 1.29 is 23.8 Å². The van der Waals surface area contributed by atoms with Gasteiger partial charge in [0.2, 0.25) is 6.79 Å². The van der Waals surface area contributed by atoms with Gasteiger partial charge in [-0.1, -0.05) is 47.5 Å². The normalized spacial score (nSPS) is 11.9. The summed E-state index contributed by atoms with van der Waals surface area (Å²) in [5.41, 5.74) is 4.43. The monoisotopic (exact) mass is 499 g/mol. The quantitative estimate of drug-likeness (QED) is 0.290. The highest BCUT2D eigenvalue weighted by atomic mass is 35.5. The largest absolute Gasteiger partial charge is 0.489 e. The van der Waals surface area contributed by atoms with Crippen molar-refractivity contribution in [3.05, 3.63) is 87.4 Å². The lowest BCUT2D eigenvalue weighted by molar-refractivity contribution is -0.139. The Morgan fingerprint density at radius 3 is 2.71 bits per heavy atom. The number of halogens is 2. The first-order chi connectivity index (χ1) is 16.5. The van der Waals surface area contributed by atoms with Crippen LogP contribution in [0, 0.1) is 0 Å². The van der Waals surface area contributed by atoms with Gasteiger partial charge in [0.15, 0.2) is 11.5 Å². The van der Waals surface area contributed by atoms with Gasteiger partial charge in [-0.15, -0.1) is 0 Å². The molecule has 0 aromatic heterocycles. The number of benzene rings is 3. The molecule has 0 saturated carbocycles. The van der Waals surface area contributed by atoms with Gasteiger partial charge in [-0.3, -0.25) is 9.59 Å². The van der Waals surface area contributed by atoms with Gasteiger partial charge in [-0.05, 0) is 47.5 Å². The van der Waals surface area contributed by atoms with Gasteiger partial charge in [0.1, 0.15) is 12.4 Å². The topological polar surface area (TPSA) is 98.2 Å². The average Bonchev–Trinajstić information content (AvgIpc) is 3.30. The number of carbonyl (C=O) groups excluding carboxylic acids is 2. The molecule has 0 bridgehead atoms. The summed E-state index contributed by atoms with van der Waals surface area (Å²) in [5.74, 6) is 0.130. The number of hydrogen-bond donors (Lipinski definition) is 2. The molecule has 0 unspecified atom stereocenters. The summed E-state index contributed by atoms with van der Waals surface area (Å²) in [6.07, 6.45) is 1.41. The smallest absolute Gasteiger partial charge is 0.329 e. The van der Waals surface area contributed by atoms with E-state index in [9.17, 15) is 9.59 Å². The van der Waals surface area contributed by atoms with E-state index < -0.39 is 11.8 Å². The lowest BCUT2D eigenvalue weighted by atomic mass is 10.2. The number of hydrogen-bond acceptors (Lipinski definition) is 6. The van der Waals surface area contributed by atoms with Crippen LogP contribution in [0.2, 0.25) is 10.0 Å². The third-order valence-electron chi connectivity index (χ3n) is 4.74. The van der Waals surface area contributed by atoms with E-state index in [2.05, 4.69) is 15.8 Å². The van der Waals surface area contributed by atoms with Crippen molar-refractivity contribution >= 4 is 41.2 Å². The Labute approximate surface area is 205 Å². The van der Waals surface area contributed by atoms with Crippen molar-refractivity contribution in [3.8, 4) is 17.2 Å². The standard InChI is InChI=1S/C24H19Cl2N3O5/c25-18-6-5-17(20(26)10-18)13-32-19-3-1-2-15(8-19)12-28-29-24(31)23(30)27-11-16-4-7-21-22(9-16)34-14-33-21/h1-10,12H,11,13-14H2,(H,27,30)(H,29,31)/b28-12-. The van der Waals surface area contributed by atoms with Crippen LogP contribution in [-0.2, 0) is 22.7 Å². The highest BCUT2D eigenvalue weighted by Gasteiger charge is 2.15. The molecule has 174 valence electrons. The van der Waals surface area contributed by atoms with E-state index in [1.54, 1.807) is 60.7 Å². The van der Waals surface area contributed by atoms with E-state index in [0.29, 0.717) is 32.9 Å². The van der Waals surface area contributed by atoms with Crippen LogP contribution in [0.1, 0.15) is 16.7 Å². The summed E-state index contributed by atoms with van der Waals surface area (Å²) >= 11 is 12.1. The van der Waals surface area contributed by atoms with E-state index in [-0.39, 0.29) is 19.9 Å². The zero-order valence-corrected chi connectivity index (χ0v) is 19.2. The fourth-order valence-corrected chi connectivity index (χ4v) is 3.48. The Morgan fingerprint density at radius 2 is 1.85 bits per heavy atom. The van der Waals surface area contributed by atoms with Crippen LogP contribution in [-0.4, -0.2) is 24.8 Å². The SMILES string of the molecule is O=C(NCc1ccc2c(c1)OCO2)C(=O)N/N=C\c1cccc(OCc2ccc(Cl)cc2Cl)c1. The molecule has 1 aliphatic heterocycles. The predicted octanol–water partition coefficient (Wildman–Crippen LogP) is 4.07. The Morgan fingerprint density at radius 1 is 1.00 bits per heavy atom. The van der Waals surface area contributed by atoms with Gasteiger partial charge in [0, 0.05) is 22.2 Å². The Bertz CT molecular complexity index is 1250. The molecule has 1 aliphatic rings. The maximum atomic E-state index is 12.0. The molecule has 8 nitrogen and oxygen atoms in total. The minimum Gasteiger partial charge on any atom is -0.489 e. The molecule has 4 rings (SSSR count). The van der Waals surface area contributed by atoms with Crippen LogP contribution in [0.4, 0.5) is 0 Å². The second kappa shape index (κ2) is 10.9. The fourth-order valence-electron chi connectivity index (χ4n) is 3.01. The molecule has 0 saturated heterocycles. The Balaban J connectivity index is 1.25. The Kier molecular flexibility index (Phi) is 7.51. The first-order valence-corrected chi connectivity index (χ1v) is 10.9. The predicted molar refractivity (Wildman–Crippen MR) is 127 cm³/mol. The molecule has 0 atom stereocenters. The van der Waals surface area contributed by atoms with E-state index >= 15 is 0 Å². The van der Waals surface area contributed by atoms with Gasteiger partial charge in [0.25, 0.3) is 0 Å². The summed E-state index contributed by atoms with van der Waals surface area (Å²) in [5, 5.41) is 7.43. The number of nitrogens with one attached hydrogen (secondary N) is 2. The van der Waals surface area contributed by atoms with Crippen LogP contribution in [0.25, 0.3) is 0 Å². The summed E-state index contributed by atoms with van der Waals surface area (Å²) < 4.78 is 16.3. The van der Waals surface area contributed by atoms with Crippen LogP contribution in [0.3, 0.4) is 0 Å². The van der Waals surface area contributed by atoms with Crippen molar-refractivity contribution in [3.63, 3.8) is 0 Å². The highest BCUT2D eigenvalue weighted by molar-refractivity contribution is 6.35. The number of ether oxygens (including phenoxy) is 3. The molecule has 0 aliphatic carbocycles. The second-order valence-electron chi connectivity index (χ2n) is 7.17. The van der Waals surface area contributed by atoms with Gasteiger partial charge >= 0.3 is 11.8 Å². The van der Waals surface area contributed by atoms with Crippen molar-refractivity contribution in [1.29, 1.82) is 0 Å². The average molecular weight is 500 g/mol. The third-order valence-corrected chi connectivity index (χ3v) is 5.33. The third kappa shape index (κ3) is 6.18. The number of hydrazone groups is 1. The van der Waals surface area contributed by atoms with Crippen molar-refractivity contribution in [2.75, 3.05) is 6.79 Å². The zero-order chi connectivity index (χ0) is 23.9. The summed E-state index contributed by atoms with van der Waals surface area (Å²) in [4.78, 5) is 24.0. The molecular weight excluding hydrogens is 481 g/mol. The molecule has 3 aromatic carbocycles. The summed E-state index contributed by atoms with van der Waals surface area (Å²) in [6, 6.07) is 17.5. The molecule has 34 heavy (non-hydrogen) atoms. The molecule has 2 N–H and O–H groups in total. The minimum absolute atomic E-state index is 0.156. The lowest BCUT2D eigenvalue weighted by Gasteiger charge is -2.08. The van der Waals surface area contributed by atoms with Crippen LogP contribution < -0.4 is 25.0 Å². The summed E-state index contributed by atoms with van der Waals surface area (Å²) in [7, 11) is 0. The first kappa shape index (κ1) is 23.4. The number of rotatable bonds is 7. The van der Waals surface area contributed by atoms with Crippen LogP contribution in [0.15, 0.2) is 65.8 Å². The first-order valence-electron chi connectivity index (χ1n) is 10.1. The van der Waals surface area contributed by atoms with Crippen molar-refractivity contribution in [2.45, 2.75) is 13.2 Å². The number of nitrogens with zero attached hydrogens (tertiary/aromatic N) is 1.